The Hall–Kier alpha value is -0.640. The lowest BCUT2D eigenvalue weighted by Crippen LogP contribution is -1.96. The Bertz CT molecular complexity index is 342. The van der Waals surface area contributed by atoms with Gasteiger partial charge in [-0.25, -0.2) is 0 Å². The van der Waals surface area contributed by atoms with Crippen molar-refractivity contribution < 1.29 is 0 Å². The van der Waals surface area contributed by atoms with E-state index in [1.165, 1.54) is 6.42 Å². The van der Waals surface area contributed by atoms with Crippen LogP contribution in [0.4, 0.5) is 5.69 Å². The van der Waals surface area contributed by atoms with Crippen molar-refractivity contribution in [2.45, 2.75) is 45.1 Å². The third-order valence-corrected chi connectivity index (χ3v) is 3.74. The fraction of sp³-hybridized carbons (Fsp3) is 0.750. The molecule has 0 aliphatic carbocycles. The zero-order valence-corrected chi connectivity index (χ0v) is 11.8. The first-order chi connectivity index (χ1) is 7.43. The number of thioether (sulfide) groups is 1. The Labute approximate surface area is 103 Å². The maximum Gasteiger partial charge on any atom is 0.117 e. The number of rotatable bonds is 5. The summed E-state index contributed by atoms with van der Waals surface area (Å²) < 4.78 is 1.91. The molecule has 1 heterocycles. The Morgan fingerprint density at radius 3 is 2.38 bits per heavy atom. The minimum Gasteiger partial charge on any atom is -0.395 e. The number of hydrogen-bond donors (Lipinski definition) is 1. The van der Waals surface area contributed by atoms with Crippen LogP contribution in [0, 0.1) is 5.92 Å². The predicted molar refractivity (Wildman–Crippen MR) is 71.9 cm³/mol. The number of anilines is 1. The minimum atomic E-state index is 0.394. The molecule has 92 valence electrons. The molecule has 3 nitrogen and oxygen atoms in total. The normalized spacial score (nSPS) is 11.7. The lowest BCUT2D eigenvalue weighted by molar-refractivity contribution is 0.629. The van der Waals surface area contributed by atoms with Crippen molar-refractivity contribution in [3.8, 4) is 0 Å². The van der Waals surface area contributed by atoms with Gasteiger partial charge in [0.05, 0.1) is 11.4 Å². The molecule has 0 radical (unpaired) electrons. The van der Waals surface area contributed by atoms with Crippen LogP contribution in [0.15, 0.2) is 5.03 Å². The van der Waals surface area contributed by atoms with Crippen molar-refractivity contribution in [2.75, 3.05) is 11.5 Å². The second-order valence-electron chi connectivity index (χ2n) is 4.91. The Balaban J connectivity index is 2.72. The van der Waals surface area contributed by atoms with E-state index in [1.54, 1.807) is 0 Å². The van der Waals surface area contributed by atoms with Gasteiger partial charge < -0.3 is 5.73 Å². The molecular formula is C12H23N3S. The standard InChI is InChI=1S/C12H23N3S/c1-8(2)6-7-16-12-10(13)11(9(3)4)14-15(12)5/h8-9H,6-7,13H2,1-5H3. The molecule has 0 saturated heterocycles. The topological polar surface area (TPSA) is 43.8 Å². The third kappa shape index (κ3) is 3.17. The van der Waals surface area contributed by atoms with Gasteiger partial charge in [0.1, 0.15) is 5.03 Å². The van der Waals surface area contributed by atoms with E-state index in [0.29, 0.717) is 5.92 Å². The lowest BCUT2D eigenvalue weighted by Gasteiger charge is -2.05. The summed E-state index contributed by atoms with van der Waals surface area (Å²) in [4.78, 5) is 0. The van der Waals surface area contributed by atoms with Crippen LogP contribution in [0.25, 0.3) is 0 Å². The van der Waals surface area contributed by atoms with Gasteiger partial charge in [0, 0.05) is 7.05 Å². The predicted octanol–water partition coefficient (Wildman–Crippen LogP) is 3.26. The van der Waals surface area contributed by atoms with Crippen LogP contribution in [0.3, 0.4) is 0 Å². The maximum absolute atomic E-state index is 6.12. The Morgan fingerprint density at radius 2 is 1.94 bits per heavy atom. The van der Waals surface area contributed by atoms with Gasteiger partial charge in [-0.15, -0.1) is 11.8 Å². The number of nitrogens with two attached hydrogens (primary N) is 1. The number of nitrogen functional groups attached to an aromatic ring is 1. The van der Waals surface area contributed by atoms with Crippen LogP contribution < -0.4 is 5.73 Å². The van der Waals surface area contributed by atoms with E-state index in [2.05, 4.69) is 32.8 Å². The average molecular weight is 241 g/mol. The average Bonchev–Trinajstić information content (AvgIpc) is 2.44. The zero-order chi connectivity index (χ0) is 12.3. The molecule has 0 unspecified atom stereocenters. The molecule has 0 saturated carbocycles. The fourth-order valence-corrected chi connectivity index (χ4v) is 2.80. The van der Waals surface area contributed by atoms with Gasteiger partial charge in [-0.3, -0.25) is 4.68 Å². The number of hydrogen-bond acceptors (Lipinski definition) is 3. The van der Waals surface area contributed by atoms with Crippen LogP contribution >= 0.6 is 11.8 Å². The van der Waals surface area contributed by atoms with Crippen LogP contribution in [0.1, 0.15) is 45.7 Å². The summed E-state index contributed by atoms with van der Waals surface area (Å²) in [7, 11) is 1.97. The van der Waals surface area contributed by atoms with Crippen LogP contribution in [0.5, 0.6) is 0 Å². The molecule has 2 N–H and O–H groups in total. The van der Waals surface area contributed by atoms with E-state index < -0.39 is 0 Å². The molecule has 0 bridgehead atoms. The second kappa shape index (κ2) is 5.62. The minimum absolute atomic E-state index is 0.394. The van der Waals surface area contributed by atoms with E-state index in [1.807, 2.05) is 23.5 Å². The second-order valence-corrected chi connectivity index (χ2v) is 6.00. The van der Waals surface area contributed by atoms with Crippen LogP contribution in [0.2, 0.25) is 0 Å². The summed E-state index contributed by atoms with van der Waals surface area (Å²) in [6, 6.07) is 0. The van der Waals surface area contributed by atoms with Gasteiger partial charge in [0.25, 0.3) is 0 Å². The molecule has 4 heteroatoms. The van der Waals surface area contributed by atoms with E-state index >= 15 is 0 Å². The molecule has 0 atom stereocenters. The smallest absolute Gasteiger partial charge is 0.117 e. The first kappa shape index (κ1) is 13.4. The first-order valence-corrected chi connectivity index (χ1v) is 6.87. The number of aromatic nitrogens is 2. The molecule has 0 aliphatic heterocycles. The van der Waals surface area contributed by atoms with Crippen molar-refractivity contribution in [2.24, 2.45) is 13.0 Å². The fourth-order valence-electron chi connectivity index (χ4n) is 1.53. The van der Waals surface area contributed by atoms with E-state index in [4.69, 9.17) is 5.73 Å². The largest absolute Gasteiger partial charge is 0.395 e. The molecule has 0 spiro atoms. The molecule has 0 fully saturated rings. The van der Waals surface area contributed by atoms with E-state index in [9.17, 15) is 0 Å². The van der Waals surface area contributed by atoms with Gasteiger partial charge in [-0.1, -0.05) is 27.7 Å². The van der Waals surface area contributed by atoms with Gasteiger partial charge in [0.15, 0.2) is 0 Å². The quantitative estimate of drug-likeness (QED) is 0.805. The summed E-state index contributed by atoms with van der Waals surface area (Å²) in [6.45, 7) is 8.74. The van der Waals surface area contributed by atoms with Gasteiger partial charge in [-0.05, 0) is 24.0 Å². The van der Waals surface area contributed by atoms with Crippen LogP contribution in [-0.4, -0.2) is 15.5 Å². The SMILES string of the molecule is CC(C)CCSc1c(N)c(C(C)C)nn1C. The molecule has 1 aromatic rings. The highest BCUT2D eigenvalue weighted by molar-refractivity contribution is 7.99. The summed E-state index contributed by atoms with van der Waals surface area (Å²) in [5.41, 5.74) is 8.01. The summed E-state index contributed by atoms with van der Waals surface area (Å²) in [5, 5.41) is 5.59. The third-order valence-electron chi connectivity index (χ3n) is 2.54. The summed E-state index contributed by atoms with van der Waals surface area (Å²) >= 11 is 1.82. The summed E-state index contributed by atoms with van der Waals surface area (Å²) in [6.07, 6.45) is 1.21. The van der Waals surface area contributed by atoms with Gasteiger partial charge >= 0.3 is 0 Å². The van der Waals surface area contributed by atoms with Crippen molar-refractivity contribution in [1.82, 2.24) is 9.78 Å². The molecular weight excluding hydrogens is 218 g/mol. The highest BCUT2D eigenvalue weighted by atomic mass is 32.2. The van der Waals surface area contributed by atoms with Gasteiger partial charge in [0.2, 0.25) is 0 Å². The highest BCUT2D eigenvalue weighted by Gasteiger charge is 2.15. The van der Waals surface area contributed by atoms with Crippen LogP contribution in [-0.2, 0) is 7.05 Å². The van der Waals surface area contributed by atoms with E-state index in [-0.39, 0.29) is 0 Å². The molecule has 16 heavy (non-hydrogen) atoms. The zero-order valence-electron chi connectivity index (χ0n) is 10.9. The first-order valence-electron chi connectivity index (χ1n) is 5.88. The molecule has 0 aliphatic rings. The number of nitrogens with zero attached hydrogens (tertiary/aromatic N) is 2. The molecule has 0 aromatic carbocycles. The Morgan fingerprint density at radius 1 is 1.31 bits per heavy atom. The molecule has 1 rings (SSSR count). The monoisotopic (exact) mass is 241 g/mol. The number of aryl methyl sites for hydroxylation is 1. The van der Waals surface area contributed by atoms with Crippen molar-refractivity contribution in [1.29, 1.82) is 0 Å². The summed E-state index contributed by atoms with van der Waals surface area (Å²) in [5.74, 6) is 2.25. The van der Waals surface area contributed by atoms with Crippen molar-refractivity contribution in [3.05, 3.63) is 5.69 Å². The molecule has 0 amide bonds. The van der Waals surface area contributed by atoms with Crippen molar-refractivity contribution >= 4 is 17.4 Å². The maximum atomic E-state index is 6.12. The van der Waals surface area contributed by atoms with Crippen molar-refractivity contribution in [3.63, 3.8) is 0 Å². The molecule has 1 aromatic heterocycles. The van der Waals surface area contributed by atoms with Gasteiger partial charge in [-0.2, -0.15) is 5.10 Å². The Kier molecular flexibility index (Phi) is 4.71. The van der Waals surface area contributed by atoms with E-state index in [0.717, 1.165) is 28.1 Å². The lowest BCUT2D eigenvalue weighted by atomic mass is 10.1. The highest BCUT2D eigenvalue weighted by Crippen LogP contribution is 2.31.